The van der Waals surface area contributed by atoms with Gasteiger partial charge in [0.2, 0.25) is 0 Å². The summed E-state index contributed by atoms with van der Waals surface area (Å²) < 4.78 is 0.478. The van der Waals surface area contributed by atoms with E-state index in [4.69, 9.17) is 5.11 Å². The van der Waals surface area contributed by atoms with Gasteiger partial charge in [-0.3, -0.25) is 10.1 Å². The highest BCUT2D eigenvalue weighted by Crippen LogP contribution is 2.28. The van der Waals surface area contributed by atoms with Crippen LogP contribution >= 0.6 is 15.9 Å². The van der Waals surface area contributed by atoms with Crippen molar-refractivity contribution in [2.45, 2.75) is 25.9 Å². The average molecular weight is 303 g/mol. The van der Waals surface area contributed by atoms with Crippen LogP contribution in [-0.2, 0) is 6.54 Å². The zero-order valence-electron chi connectivity index (χ0n) is 9.74. The lowest BCUT2D eigenvalue weighted by Crippen LogP contribution is -2.42. The first kappa shape index (κ1) is 14.1. The quantitative estimate of drug-likeness (QED) is 0.646. The lowest BCUT2D eigenvalue weighted by Gasteiger charge is -2.23. The molecule has 17 heavy (non-hydrogen) atoms. The van der Waals surface area contributed by atoms with Crippen molar-refractivity contribution in [1.82, 2.24) is 5.32 Å². The number of rotatable bonds is 5. The predicted octanol–water partition coefficient (Wildman–Crippen LogP) is 2.22. The second-order valence-corrected chi connectivity index (χ2v) is 5.20. The van der Waals surface area contributed by atoms with Crippen LogP contribution in [-0.4, -0.2) is 22.2 Å². The maximum Gasteiger partial charge on any atom is 0.283 e. The third-order valence-electron chi connectivity index (χ3n) is 2.41. The minimum absolute atomic E-state index is 0.000451. The van der Waals surface area contributed by atoms with E-state index in [-0.39, 0.29) is 12.3 Å². The van der Waals surface area contributed by atoms with E-state index in [1.54, 1.807) is 12.1 Å². The highest BCUT2D eigenvalue weighted by Gasteiger charge is 2.18. The summed E-state index contributed by atoms with van der Waals surface area (Å²) in [5, 5.41) is 23.0. The number of halogens is 1. The van der Waals surface area contributed by atoms with E-state index < -0.39 is 10.5 Å². The van der Waals surface area contributed by atoms with Crippen LogP contribution in [0.15, 0.2) is 22.7 Å². The Labute approximate surface area is 108 Å². The average Bonchev–Trinajstić information content (AvgIpc) is 2.27. The Bertz CT molecular complexity index is 421. The summed E-state index contributed by atoms with van der Waals surface area (Å²) in [4.78, 5) is 10.3. The van der Waals surface area contributed by atoms with Gasteiger partial charge in [0.05, 0.1) is 16.0 Å². The van der Waals surface area contributed by atoms with Crippen molar-refractivity contribution in [2.24, 2.45) is 0 Å². The standard InChI is InChI=1S/C11H15BrN2O3/c1-11(2,7-15)13-6-8-4-3-5-9(10(8)12)14(16)17/h3-5,13,15H,6-7H2,1-2H3. The molecule has 6 heteroatoms. The highest BCUT2D eigenvalue weighted by atomic mass is 79.9. The van der Waals surface area contributed by atoms with Gasteiger partial charge in [0.15, 0.2) is 0 Å². The van der Waals surface area contributed by atoms with E-state index in [0.29, 0.717) is 11.0 Å². The molecular weight excluding hydrogens is 288 g/mol. The van der Waals surface area contributed by atoms with E-state index in [2.05, 4.69) is 21.2 Å². The van der Waals surface area contributed by atoms with Crippen LogP contribution < -0.4 is 5.32 Å². The first-order chi connectivity index (χ1) is 7.87. The Kier molecular flexibility index (Phi) is 4.62. The van der Waals surface area contributed by atoms with Gasteiger partial charge >= 0.3 is 0 Å². The molecule has 94 valence electrons. The molecular formula is C11H15BrN2O3. The van der Waals surface area contributed by atoms with Crippen LogP contribution in [0.25, 0.3) is 0 Å². The molecule has 0 bridgehead atoms. The second-order valence-electron chi connectivity index (χ2n) is 4.40. The van der Waals surface area contributed by atoms with Gasteiger partial charge in [0.25, 0.3) is 5.69 Å². The van der Waals surface area contributed by atoms with Crippen molar-refractivity contribution in [2.75, 3.05) is 6.61 Å². The van der Waals surface area contributed by atoms with Crippen molar-refractivity contribution in [1.29, 1.82) is 0 Å². The Morgan fingerprint density at radius 2 is 2.18 bits per heavy atom. The molecule has 0 atom stereocenters. The Hall–Kier alpha value is -0.980. The van der Waals surface area contributed by atoms with Gasteiger partial charge in [0, 0.05) is 18.2 Å². The molecule has 5 nitrogen and oxygen atoms in total. The number of aliphatic hydroxyl groups excluding tert-OH is 1. The molecule has 0 saturated carbocycles. The van der Waals surface area contributed by atoms with Gasteiger partial charge in [-0.1, -0.05) is 12.1 Å². The number of hydrogen-bond donors (Lipinski definition) is 2. The second kappa shape index (κ2) is 5.57. The molecule has 0 aliphatic heterocycles. The fourth-order valence-electron chi connectivity index (χ4n) is 1.23. The largest absolute Gasteiger partial charge is 0.394 e. The fourth-order valence-corrected chi connectivity index (χ4v) is 1.78. The summed E-state index contributed by atoms with van der Waals surface area (Å²) >= 11 is 3.23. The monoisotopic (exact) mass is 302 g/mol. The van der Waals surface area contributed by atoms with Crippen LogP contribution in [0, 0.1) is 10.1 Å². The first-order valence-corrected chi connectivity index (χ1v) is 5.94. The van der Waals surface area contributed by atoms with E-state index >= 15 is 0 Å². The van der Waals surface area contributed by atoms with Crippen molar-refractivity contribution >= 4 is 21.6 Å². The van der Waals surface area contributed by atoms with E-state index in [1.807, 2.05) is 13.8 Å². The minimum atomic E-state index is -0.426. The van der Waals surface area contributed by atoms with Crippen LogP contribution in [0.3, 0.4) is 0 Å². The molecule has 0 unspecified atom stereocenters. The predicted molar refractivity (Wildman–Crippen MR) is 68.8 cm³/mol. The Morgan fingerprint density at radius 1 is 1.53 bits per heavy atom. The Morgan fingerprint density at radius 3 is 2.71 bits per heavy atom. The van der Waals surface area contributed by atoms with Gasteiger partial charge in [-0.25, -0.2) is 0 Å². The van der Waals surface area contributed by atoms with Crippen molar-refractivity contribution in [3.8, 4) is 0 Å². The molecule has 0 spiro atoms. The molecule has 1 aromatic carbocycles. The number of nitrogens with zero attached hydrogens (tertiary/aromatic N) is 1. The summed E-state index contributed by atoms with van der Waals surface area (Å²) in [5.41, 5.74) is 0.427. The number of nitro benzene ring substituents is 1. The van der Waals surface area contributed by atoms with Gasteiger partial charge < -0.3 is 10.4 Å². The fraction of sp³-hybridized carbons (Fsp3) is 0.455. The zero-order valence-corrected chi connectivity index (χ0v) is 11.3. The number of benzene rings is 1. The molecule has 0 fully saturated rings. The van der Waals surface area contributed by atoms with Gasteiger partial charge in [-0.05, 0) is 35.3 Å². The number of nitro groups is 1. The van der Waals surface area contributed by atoms with Gasteiger partial charge in [-0.2, -0.15) is 0 Å². The van der Waals surface area contributed by atoms with Crippen molar-refractivity contribution < 1.29 is 10.0 Å². The maximum absolute atomic E-state index is 10.7. The lowest BCUT2D eigenvalue weighted by atomic mass is 10.1. The molecule has 1 rings (SSSR count). The zero-order chi connectivity index (χ0) is 13.1. The lowest BCUT2D eigenvalue weighted by molar-refractivity contribution is -0.385. The molecule has 0 aliphatic rings. The normalized spacial score (nSPS) is 11.5. The first-order valence-electron chi connectivity index (χ1n) is 5.15. The number of hydrogen-bond acceptors (Lipinski definition) is 4. The van der Waals surface area contributed by atoms with E-state index in [1.165, 1.54) is 6.07 Å². The molecule has 0 saturated heterocycles. The number of nitrogens with one attached hydrogen (secondary N) is 1. The summed E-state index contributed by atoms with van der Waals surface area (Å²) in [6.07, 6.45) is 0. The molecule has 1 aromatic rings. The third-order valence-corrected chi connectivity index (χ3v) is 3.32. The smallest absolute Gasteiger partial charge is 0.283 e. The van der Waals surface area contributed by atoms with E-state index in [0.717, 1.165) is 5.56 Å². The summed E-state index contributed by atoms with van der Waals surface area (Å²) in [7, 11) is 0. The topological polar surface area (TPSA) is 75.4 Å². The van der Waals surface area contributed by atoms with Crippen LogP contribution in [0.4, 0.5) is 5.69 Å². The molecule has 2 N–H and O–H groups in total. The van der Waals surface area contributed by atoms with Gasteiger partial charge in [-0.15, -0.1) is 0 Å². The Balaban J connectivity index is 2.86. The van der Waals surface area contributed by atoms with Crippen molar-refractivity contribution in [3.05, 3.63) is 38.3 Å². The van der Waals surface area contributed by atoms with E-state index in [9.17, 15) is 10.1 Å². The highest BCUT2D eigenvalue weighted by molar-refractivity contribution is 9.10. The molecule has 0 radical (unpaired) electrons. The third kappa shape index (κ3) is 3.76. The van der Waals surface area contributed by atoms with Crippen molar-refractivity contribution in [3.63, 3.8) is 0 Å². The number of aliphatic hydroxyl groups is 1. The molecule has 0 aliphatic carbocycles. The van der Waals surface area contributed by atoms with Gasteiger partial charge in [0.1, 0.15) is 0 Å². The molecule has 0 heterocycles. The summed E-state index contributed by atoms with van der Waals surface area (Å²) in [5.74, 6) is 0. The molecule has 0 amide bonds. The van der Waals surface area contributed by atoms with Crippen LogP contribution in [0.5, 0.6) is 0 Å². The maximum atomic E-state index is 10.7. The van der Waals surface area contributed by atoms with Crippen LogP contribution in [0.1, 0.15) is 19.4 Å². The summed E-state index contributed by atoms with van der Waals surface area (Å²) in [6.45, 7) is 4.17. The van der Waals surface area contributed by atoms with Crippen LogP contribution in [0.2, 0.25) is 0 Å². The SMILES string of the molecule is CC(C)(CO)NCc1cccc([N+](=O)[O-])c1Br. The molecule has 0 aromatic heterocycles. The minimum Gasteiger partial charge on any atom is -0.394 e. The summed E-state index contributed by atoms with van der Waals surface area (Å²) in [6, 6.07) is 4.90.